The van der Waals surface area contributed by atoms with E-state index in [1.807, 2.05) is 42.5 Å². The molecule has 182 valence electrons. The van der Waals surface area contributed by atoms with Gasteiger partial charge in [0.1, 0.15) is 11.2 Å². The monoisotopic (exact) mass is 483 g/mol. The molecule has 0 amide bonds. The number of hydrogen-bond donors (Lipinski definition) is 0. The Morgan fingerprint density at radius 2 is 1.47 bits per heavy atom. The maximum Gasteiger partial charge on any atom is 0.267 e. The Kier molecular flexibility index (Phi) is 5.93. The van der Waals surface area contributed by atoms with Gasteiger partial charge in [0.15, 0.2) is 17.1 Å². The van der Waals surface area contributed by atoms with Crippen molar-refractivity contribution in [3.05, 3.63) is 92.9 Å². The Morgan fingerprint density at radius 3 is 2.11 bits per heavy atom. The van der Waals surface area contributed by atoms with Crippen molar-refractivity contribution >= 4 is 21.9 Å². The highest BCUT2D eigenvalue weighted by atomic mass is 16.5. The quantitative estimate of drug-likeness (QED) is 0.340. The van der Waals surface area contributed by atoms with Gasteiger partial charge in [-0.25, -0.2) is 4.98 Å². The van der Waals surface area contributed by atoms with Crippen LogP contribution in [0, 0.1) is 0 Å². The molecule has 0 aliphatic carbocycles. The number of aryl methyl sites for hydroxylation is 1. The molecule has 0 spiro atoms. The molecule has 0 radical (unpaired) electrons. The number of aromatic nitrogens is 3. The average molecular weight is 484 g/mol. The molecule has 3 aromatic carbocycles. The van der Waals surface area contributed by atoms with E-state index in [1.165, 1.54) is 25.9 Å². The van der Waals surface area contributed by atoms with Gasteiger partial charge < -0.3 is 18.8 Å². The van der Waals surface area contributed by atoms with Crippen LogP contribution in [0.4, 0.5) is 0 Å². The van der Waals surface area contributed by atoms with Gasteiger partial charge in [0, 0.05) is 18.0 Å². The van der Waals surface area contributed by atoms with Gasteiger partial charge >= 0.3 is 0 Å². The Bertz CT molecular complexity index is 1700. The topological polar surface area (TPSA) is 84.6 Å². The van der Waals surface area contributed by atoms with Gasteiger partial charge in [-0.3, -0.25) is 14.2 Å². The molecule has 36 heavy (non-hydrogen) atoms. The van der Waals surface area contributed by atoms with E-state index in [4.69, 9.17) is 19.2 Å². The first-order chi connectivity index (χ1) is 17.5. The predicted molar refractivity (Wildman–Crippen MR) is 139 cm³/mol. The van der Waals surface area contributed by atoms with Crippen LogP contribution in [0.3, 0.4) is 0 Å². The third-order valence-electron chi connectivity index (χ3n) is 6.31. The van der Waals surface area contributed by atoms with E-state index in [9.17, 15) is 9.59 Å². The molecule has 0 unspecified atom stereocenters. The minimum absolute atomic E-state index is 0.0447. The van der Waals surface area contributed by atoms with Gasteiger partial charge in [0.25, 0.3) is 5.56 Å². The molecule has 0 saturated carbocycles. The highest BCUT2D eigenvalue weighted by Gasteiger charge is 2.22. The molecule has 8 heteroatoms. The van der Waals surface area contributed by atoms with Crippen LogP contribution >= 0.6 is 0 Å². The van der Waals surface area contributed by atoms with Gasteiger partial charge in [0.2, 0.25) is 11.2 Å². The molecule has 5 aromatic rings. The van der Waals surface area contributed by atoms with Crippen molar-refractivity contribution in [2.75, 3.05) is 21.3 Å². The summed E-state index contributed by atoms with van der Waals surface area (Å²) in [5, 5.41) is 0.515. The first-order valence-electron chi connectivity index (χ1n) is 11.3. The zero-order chi connectivity index (χ0) is 25.4. The molecular formula is C28H25N3O5. The van der Waals surface area contributed by atoms with Crippen molar-refractivity contribution in [2.24, 2.45) is 7.05 Å². The van der Waals surface area contributed by atoms with E-state index < -0.39 is 5.56 Å². The zero-order valence-electron chi connectivity index (χ0n) is 20.4. The Hall–Kier alpha value is -4.59. The fourth-order valence-electron chi connectivity index (χ4n) is 4.53. The van der Waals surface area contributed by atoms with E-state index in [1.54, 1.807) is 35.9 Å². The van der Waals surface area contributed by atoms with Gasteiger partial charge in [-0.2, -0.15) is 0 Å². The summed E-state index contributed by atoms with van der Waals surface area (Å²) in [5.74, 6) is 1.67. The number of hydrogen-bond acceptors (Lipinski definition) is 6. The summed E-state index contributed by atoms with van der Waals surface area (Å²) in [6.45, 7) is 0.227. The lowest BCUT2D eigenvalue weighted by Gasteiger charge is -2.18. The molecule has 0 saturated heterocycles. The van der Waals surface area contributed by atoms with Gasteiger partial charge in [-0.05, 0) is 29.8 Å². The molecular weight excluding hydrogens is 458 g/mol. The average Bonchev–Trinajstić information content (AvgIpc) is 2.92. The highest BCUT2D eigenvalue weighted by Crippen LogP contribution is 2.41. The number of ether oxygens (including phenoxy) is 3. The molecule has 0 aliphatic rings. The molecule has 0 fully saturated rings. The second-order valence-corrected chi connectivity index (χ2v) is 8.33. The van der Waals surface area contributed by atoms with Crippen LogP contribution in [0.1, 0.15) is 5.56 Å². The predicted octanol–water partition coefficient (Wildman–Crippen LogP) is 3.99. The molecule has 2 heterocycles. The summed E-state index contributed by atoms with van der Waals surface area (Å²) in [7, 11) is 6.39. The minimum atomic E-state index is -0.418. The lowest BCUT2D eigenvalue weighted by molar-refractivity contribution is 0.324. The van der Waals surface area contributed by atoms with Gasteiger partial charge in [0.05, 0.1) is 33.4 Å². The van der Waals surface area contributed by atoms with E-state index >= 15 is 0 Å². The summed E-state index contributed by atoms with van der Waals surface area (Å²) in [4.78, 5) is 32.4. The maximum atomic E-state index is 14.0. The number of methoxy groups -OCH3 is 3. The summed E-state index contributed by atoms with van der Waals surface area (Å²) in [6.07, 6.45) is 0. The number of para-hydroxylation sites is 1. The van der Waals surface area contributed by atoms with Crippen LogP contribution in [0.5, 0.6) is 17.2 Å². The molecule has 0 bridgehead atoms. The van der Waals surface area contributed by atoms with Crippen molar-refractivity contribution in [1.82, 2.24) is 14.1 Å². The van der Waals surface area contributed by atoms with Crippen molar-refractivity contribution in [3.8, 4) is 28.6 Å². The minimum Gasteiger partial charge on any atom is -0.493 e. The van der Waals surface area contributed by atoms with Crippen molar-refractivity contribution < 1.29 is 14.2 Å². The van der Waals surface area contributed by atoms with E-state index in [0.717, 1.165) is 5.56 Å². The number of rotatable bonds is 6. The van der Waals surface area contributed by atoms with Crippen LogP contribution in [-0.2, 0) is 13.6 Å². The van der Waals surface area contributed by atoms with Crippen molar-refractivity contribution in [2.45, 2.75) is 6.54 Å². The Labute approximate surface area is 206 Å². The largest absolute Gasteiger partial charge is 0.493 e. The fraction of sp³-hybridized carbons (Fsp3) is 0.179. The molecule has 0 aliphatic heterocycles. The standard InChI is InChI=1S/C28H25N3O5/c1-30-20-13-9-8-12-19(20)24(32)23-27(30)29-26(31(28(23)33)16-17-10-6-5-7-11-17)18-14-21(34-2)25(36-4)22(15-18)35-3/h5-15H,16H2,1-4H3. The van der Waals surface area contributed by atoms with Gasteiger partial charge in [-0.15, -0.1) is 0 Å². The Morgan fingerprint density at radius 1 is 0.833 bits per heavy atom. The third-order valence-corrected chi connectivity index (χ3v) is 6.31. The van der Waals surface area contributed by atoms with Crippen LogP contribution in [-0.4, -0.2) is 35.4 Å². The SMILES string of the molecule is COc1cc(-c2nc3c(c(=O)c4ccccc4n3C)c(=O)n2Cc2ccccc2)cc(OC)c1OC. The van der Waals surface area contributed by atoms with Crippen LogP contribution in [0.2, 0.25) is 0 Å². The second-order valence-electron chi connectivity index (χ2n) is 8.33. The lowest BCUT2D eigenvalue weighted by atomic mass is 10.1. The van der Waals surface area contributed by atoms with E-state index in [0.29, 0.717) is 45.2 Å². The number of pyridine rings is 1. The maximum absolute atomic E-state index is 14.0. The summed E-state index contributed by atoms with van der Waals surface area (Å²) >= 11 is 0. The van der Waals surface area contributed by atoms with Crippen LogP contribution < -0.4 is 25.2 Å². The van der Waals surface area contributed by atoms with E-state index in [2.05, 4.69) is 0 Å². The molecule has 2 aromatic heterocycles. The summed E-state index contributed by atoms with van der Waals surface area (Å²) in [5.41, 5.74) is 1.72. The van der Waals surface area contributed by atoms with Crippen LogP contribution in [0.25, 0.3) is 33.3 Å². The lowest BCUT2D eigenvalue weighted by Crippen LogP contribution is -2.29. The Balaban J connectivity index is 1.91. The summed E-state index contributed by atoms with van der Waals surface area (Å²) < 4.78 is 19.9. The molecule has 8 nitrogen and oxygen atoms in total. The smallest absolute Gasteiger partial charge is 0.267 e. The number of benzene rings is 3. The van der Waals surface area contributed by atoms with Gasteiger partial charge in [-0.1, -0.05) is 42.5 Å². The van der Waals surface area contributed by atoms with Crippen molar-refractivity contribution in [1.29, 1.82) is 0 Å². The first kappa shape index (κ1) is 23.2. The highest BCUT2D eigenvalue weighted by molar-refractivity contribution is 5.92. The van der Waals surface area contributed by atoms with E-state index in [-0.39, 0.29) is 17.4 Å². The second kappa shape index (κ2) is 9.22. The van der Waals surface area contributed by atoms with Crippen molar-refractivity contribution in [3.63, 3.8) is 0 Å². The fourth-order valence-corrected chi connectivity index (χ4v) is 4.53. The number of nitrogens with zero attached hydrogens (tertiary/aromatic N) is 3. The molecule has 0 N–H and O–H groups in total. The normalized spacial score (nSPS) is 11.1. The molecule has 0 atom stereocenters. The molecule has 5 rings (SSSR count). The number of fused-ring (bicyclic) bond motifs is 2. The summed E-state index contributed by atoms with van der Waals surface area (Å²) in [6, 6.07) is 20.3. The first-order valence-corrected chi connectivity index (χ1v) is 11.3. The third kappa shape index (κ3) is 3.67. The van der Waals surface area contributed by atoms with Crippen LogP contribution in [0.15, 0.2) is 76.3 Å². The zero-order valence-corrected chi connectivity index (χ0v) is 20.4.